The lowest BCUT2D eigenvalue weighted by molar-refractivity contribution is -0.121. The number of urea groups is 1. The van der Waals surface area contributed by atoms with E-state index in [0.29, 0.717) is 0 Å². The molecule has 2 rings (SSSR count). The first-order chi connectivity index (χ1) is 8.16. The molecule has 1 aliphatic carbocycles. The smallest absolute Gasteiger partial charge is 0.321 e. The number of carbonyl (C=O) groups excluding carboxylic acids is 2. The molecule has 0 saturated heterocycles. The van der Waals surface area contributed by atoms with Crippen LogP contribution >= 0.6 is 0 Å². The number of benzene rings is 1. The van der Waals surface area contributed by atoms with Gasteiger partial charge in [-0.2, -0.15) is 0 Å². The van der Waals surface area contributed by atoms with Crippen LogP contribution in [0.1, 0.15) is 31.4 Å². The molecule has 3 amide bonds. The Balaban J connectivity index is 1.83. The van der Waals surface area contributed by atoms with Gasteiger partial charge in [0.1, 0.15) is 0 Å². The third-order valence-corrected chi connectivity index (χ3v) is 2.83. The number of carbonyl (C=O) groups is 2. The highest BCUT2D eigenvalue weighted by Gasteiger charge is 2.30. The first-order valence-electron chi connectivity index (χ1n) is 5.83. The third kappa shape index (κ3) is 3.31. The van der Waals surface area contributed by atoms with Crippen LogP contribution in [0.2, 0.25) is 0 Å². The number of nitrogens with one attached hydrogen (secondary N) is 2. The lowest BCUT2D eigenvalue weighted by Gasteiger charge is -2.14. The van der Waals surface area contributed by atoms with Crippen LogP contribution in [0, 0.1) is 5.92 Å². The van der Waals surface area contributed by atoms with Gasteiger partial charge in [0.15, 0.2) is 0 Å². The van der Waals surface area contributed by atoms with Crippen LogP contribution < -0.4 is 10.6 Å². The summed E-state index contributed by atoms with van der Waals surface area (Å²) in [6.45, 7) is 1.89. The SMILES string of the molecule is CC(NC(=O)NC(=O)C1CC1)c1ccccc1. The van der Waals surface area contributed by atoms with Crippen molar-refractivity contribution in [3.8, 4) is 0 Å². The molecule has 17 heavy (non-hydrogen) atoms. The van der Waals surface area contributed by atoms with Gasteiger partial charge in [-0.05, 0) is 25.3 Å². The van der Waals surface area contributed by atoms with E-state index in [0.717, 1.165) is 18.4 Å². The Morgan fingerprint density at radius 1 is 1.24 bits per heavy atom. The van der Waals surface area contributed by atoms with E-state index in [9.17, 15) is 9.59 Å². The normalized spacial score (nSPS) is 16.1. The summed E-state index contributed by atoms with van der Waals surface area (Å²) in [6.07, 6.45) is 1.79. The zero-order valence-electron chi connectivity index (χ0n) is 9.77. The van der Waals surface area contributed by atoms with E-state index in [1.54, 1.807) is 0 Å². The van der Waals surface area contributed by atoms with Crippen molar-refractivity contribution in [3.05, 3.63) is 35.9 Å². The van der Waals surface area contributed by atoms with Crippen LogP contribution in [-0.4, -0.2) is 11.9 Å². The highest BCUT2D eigenvalue weighted by Crippen LogP contribution is 2.28. The van der Waals surface area contributed by atoms with Crippen molar-refractivity contribution in [3.63, 3.8) is 0 Å². The van der Waals surface area contributed by atoms with E-state index in [2.05, 4.69) is 10.6 Å². The van der Waals surface area contributed by atoms with E-state index in [1.165, 1.54) is 0 Å². The summed E-state index contributed by atoms with van der Waals surface area (Å²) in [7, 11) is 0. The molecular formula is C13H16N2O2. The van der Waals surface area contributed by atoms with Crippen molar-refractivity contribution in [1.82, 2.24) is 10.6 Å². The number of rotatable bonds is 3. The molecule has 4 nitrogen and oxygen atoms in total. The molecule has 1 aliphatic rings. The van der Waals surface area contributed by atoms with E-state index in [4.69, 9.17) is 0 Å². The van der Waals surface area contributed by atoms with Crippen molar-refractivity contribution < 1.29 is 9.59 Å². The Morgan fingerprint density at radius 3 is 2.47 bits per heavy atom. The largest absolute Gasteiger partial charge is 0.331 e. The van der Waals surface area contributed by atoms with Crippen molar-refractivity contribution >= 4 is 11.9 Å². The molecule has 1 aromatic rings. The van der Waals surface area contributed by atoms with Gasteiger partial charge >= 0.3 is 6.03 Å². The van der Waals surface area contributed by atoms with Gasteiger partial charge < -0.3 is 5.32 Å². The average Bonchev–Trinajstić information content (AvgIpc) is 3.13. The second-order valence-corrected chi connectivity index (χ2v) is 4.37. The highest BCUT2D eigenvalue weighted by atomic mass is 16.2. The fourth-order valence-corrected chi connectivity index (χ4v) is 1.62. The Bertz CT molecular complexity index is 413. The molecule has 0 aliphatic heterocycles. The van der Waals surface area contributed by atoms with Crippen LogP contribution in [0.3, 0.4) is 0 Å². The Kier molecular flexibility index (Phi) is 3.42. The lowest BCUT2D eigenvalue weighted by Crippen LogP contribution is -2.41. The standard InChI is InChI=1S/C13H16N2O2/c1-9(10-5-3-2-4-6-10)14-13(17)15-12(16)11-7-8-11/h2-6,9,11H,7-8H2,1H3,(H2,14,15,16,17). The number of hydrogen-bond donors (Lipinski definition) is 2. The van der Waals surface area contributed by atoms with Gasteiger partial charge in [0.2, 0.25) is 5.91 Å². The van der Waals surface area contributed by atoms with E-state index in [-0.39, 0.29) is 17.9 Å². The minimum Gasteiger partial charge on any atom is -0.331 e. The third-order valence-electron chi connectivity index (χ3n) is 2.83. The van der Waals surface area contributed by atoms with Crippen molar-refractivity contribution in [2.45, 2.75) is 25.8 Å². The van der Waals surface area contributed by atoms with Gasteiger partial charge in [-0.25, -0.2) is 4.79 Å². The molecule has 90 valence electrons. The molecule has 1 atom stereocenters. The first kappa shape index (κ1) is 11.6. The van der Waals surface area contributed by atoms with Gasteiger partial charge in [0, 0.05) is 5.92 Å². The summed E-state index contributed by atoms with van der Waals surface area (Å²) in [4.78, 5) is 22.9. The summed E-state index contributed by atoms with van der Waals surface area (Å²) in [5.74, 6) is -0.115. The molecular weight excluding hydrogens is 216 g/mol. The molecule has 0 spiro atoms. The molecule has 2 N–H and O–H groups in total. The number of amides is 3. The summed E-state index contributed by atoms with van der Waals surface area (Å²) >= 11 is 0. The predicted octanol–water partition coefficient (Wildman–Crippen LogP) is 1.98. The van der Waals surface area contributed by atoms with Gasteiger partial charge in [-0.3, -0.25) is 10.1 Å². The monoisotopic (exact) mass is 232 g/mol. The fraction of sp³-hybridized carbons (Fsp3) is 0.385. The Hall–Kier alpha value is -1.84. The minimum atomic E-state index is -0.418. The summed E-state index contributed by atoms with van der Waals surface area (Å²) in [6, 6.07) is 9.11. The highest BCUT2D eigenvalue weighted by molar-refractivity contribution is 5.96. The van der Waals surface area contributed by atoms with Gasteiger partial charge in [0.25, 0.3) is 0 Å². The molecule has 4 heteroatoms. The molecule has 1 unspecified atom stereocenters. The molecule has 1 aromatic carbocycles. The number of imide groups is 1. The first-order valence-corrected chi connectivity index (χ1v) is 5.83. The maximum atomic E-state index is 11.5. The van der Waals surface area contributed by atoms with Crippen LogP contribution in [0.4, 0.5) is 4.79 Å². The van der Waals surface area contributed by atoms with Crippen molar-refractivity contribution in [2.75, 3.05) is 0 Å². The predicted molar refractivity (Wildman–Crippen MR) is 64.3 cm³/mol. The van der Waals surface area contributed by atoms with Crippen LogP contribution in [-0.2, 0) is 4.79 Å². The Labute approximate surface area is 100 Å². The van der Waals surface area contributed by atoms with Crippen LogP contribution in [0.5, 0.6) is 0 Å². The second-order valence-electron chi connectivity index (χ2n) is 4.37. The quantitative estimate of drug-likeness (QED) is 0.837. The number of hydrogen-bond acceptors (Lipinski definition) is 2. The van der Waals surface area contributed by atoms with E-state index in [1.807, 2.05) is 37.3 Å². The topological polar surface area (TPSA) is 58.2 Å². The average molecular weight is 232 g/mol. The maximum Gasteiger partial charge on any atom is 0.321 e. The summed E-state index contributed by atoms with van der Waals surface area (Å²) in [5.41, 5.74) is 1.02. The molecule has 0 radical (unpaired) electrons. The summed E-state index contributed by atoms with van der Waals surface area (Å²) in [5, 5.41) is 5.09. The second kappa shape index (κ2) is 4.99. The molecule has 0 bridgehead atoms. The van der Waals surface area contributed by atoms with Gasteiger partial charge in [-0.15, -0.1) is 0 Å². The molecule has 1 fully saturated rings. The zero-order valence-corrected chi connectivity index (χ0v) is 9.77. The van der Waals surface area contributed by atoms with Crippen LogP contribution in [0.15, 0.2) is 30.3 Å². The van der Waals surface area contributed by atoms with Crippen LogP contribution in [0.25, 0.3) is 0 Å². The molecule has 0 heterocycles. The lowest BCUT2D eigenvalue weighted by atomic mass is 10.1. The van der Waals surface area contributed by atoms with Crippen molar-refractivity contribution in [1.29, 1.82) is 0 Å². The van der Waals surface area contributed by atoms with E-state index < -0.39 is 6.03 Å². The van der Waals surface area contributed by atoms with Gasteiger partial charge in [-0.1, -0.05) is 30.3 Å². The fourth-order valence-electron chi connectivity index (χ4n) is 1.62. The molecule has 0 aromatic heterocycles. The zero-order chi connectivity index (χ0) is 12.3. The van der Waals surface area contributed by atoms with E-state index >= 15 is 0 Å². The summed E-state index contributed by atoms with van der Waals surface area (Å²) < 4.78 is 0. The van der Waals surface area contributed by atoms with Gasteiger partial charge in [0.05, 0.1) is 6.04 Å². The Morgan fingerprint density at radius 2 is 1.88 bits per heavy atom. The van der Waals surface area contributed by atoms with Crippen molar-refractivity contribution in [2.24, 2.45) is 5.92 Å². The maximum absolute atomic E-state index is 11.5. The molecule has 1 saturated carbocycles. The minimum absolute atomic E-state index is 0.0489.